The fourth-order valence-electron chi connectivity index (χ4n) is 2.20. The van der Waals surface area contributed by atoms with E-state index in [1.54, 1.807) is 0 Å². The predicted octanol–water partition coefficient (Wildman–Crippen LogP) is 2.81. The van der Waals surface area contributed by atoms with Gasteiger partial charge < -0.3 is 4.74 Å². The molecular weight excluding hydrogens is 224 g/mol. The van der Waals surface area contributed by atoms with Gasteiger partial charge in [0.05, 0.1) is 18.4 Å². The van der Waals surface area contributed by atoms with Crippen LogP contribution < -0.4 is 4.74 Å². The van der Waals surface area contributed by atoms with Crippen molar-refractivity contribution in [2.45, 2.75) is 19.4 Å². The monoisotopic (exact) mass is 240 g/mol. The first-order chi connectivity index (χ1) is 8.93. The van der Waals surface area contributed by atoms with Crippen molar-refractivity contribution in [1.29, 1.82) is 0 Å². The Morgan fingerprint density at radius 3 is 2.94 bits per heavy atom. The van der Waals surface area contributed by atoms with Gasteiger partial charge in [-0.05, 0) is 18.4 Å². The van der Waals surface area contributed by atoms with Gasteiger partial charge in [-0.2, -0.15) is 5.10 Å². The van der Waals surface area contributed by atoms with Gasteiger partial charge in [0.15, 0.2) is 5.75 Å². The molecule has 3 rings (SSSR count). The Balaban J connectivity index is 1.86. The van der Waals surface area contributed by atoms with Crippen LogP contribution in [0.3, 0.4) is 0 Å². The van der Waals surface area contributed by atoms with E-state index in [1.165, 1.54) is 11.3 Å². The molecule has 92 valence electrons. The summed E-state index contributed by atoms with van der Waals surface area (Å²) in [6, 6.07) is 10.4. The molecule has 0 saturated heterocycles. The molecule has 0 unspecified atom stereocenters. The molecule has 2 aromatic rings. The fourth-order valence-corrected chi connectivity index (χ4v) is 2.20. The SMILES string of the molecule is C1=C\COc2cnn(Cc3ccccc3)c2CC/1. The number of aromatic nitrogens is 2. The van der Waals surface area contributed by atoms with Crippen LogP contribution in [0.25, 0.3) is 0 Å². The van der Waals surface area contributed by atoms with E-state index >= 15 is 0 Å². The summed E-state index contributed by atoms with van der Waals surface area (Å²) in [7, 11) is 0. The predicted molar refractivity (Wildman–Crippen MR) is 70.7 cm³/mol. The van der Waals surface area contributed by atoms with Crippen LogP contribution in [0.15, 0.2) is 48.7 Å². The molecule has 1 aromatic carbocycles. The van der Waals surface area contributed by atoms with Crippen molar-refractivity contribution in [3.63, 3.8) is 0 Å². The molecule has 2 heterocycles. The Kier molecular flexibility index (Phi) is 3.13. The average molecular weight is 240 g/mol. The van der Waals surface area contributed by atoms with Crippen molar-refractivity contribution in [2.75, 3.05) is 6.61 Å². The minimum Gasteiger partial charge on any atom is -0.486 e. The molecular formula is C15H16N2O. The summed E-state index contributed by atoms with van der Waals surface area (Å²) in [5.74, 6) is 0.926. The largest absolute Gasteiger partial charge is 0.486 e. The number of benzene rings is 1. The lowest BCUT2D eigenvalue weighted by atomic mass is 10.2. The standard InChI is InChI=1S/C15H16N2O/c1-3-7-13(8-4-1)12-17-14-9-5-2-6-10-18-15(14)11-16-17/h1-4,6-8,11H,5,9-10,12H2/b6-2-. The molecule has 0 bridgehead atoms. The summed E-state index contributed by atoms with van der Waals surface area (Å²) in [6.45, 7) is 1.45. The van der Waals surface area contributed by atoms with E-state index < -0.39 is 0 Å². The van der Waals surface area contributed by atoms with Crippen LogP contribution in [0.2, 0.25) is 0 Å². The lowest BCUT2D eigenvalue weighted by Gasteiger charge is -2.11. The molecule has 0 saturated carbocycles. The van der Waals surface area contributed by atoms with Gasteiger partial charge in [-0.25, -0.2) is 0 Å². The van der Waals surface area contributed by atoms with Crippen molar-refractivity contribution < 1.29 is 4.74 Å². The zero-order chi connectivity index (χ0) is 12.2. The molecule has 18 heavy (non-hydrogen) atoms. The van der Waals surface area contributed by atoms with E-state index in [-0.39, 0.29) is 0 Å². The fraction of sp³-hybridized carbons (Fsp3) is 0.267. The molecule has 3 heteroatoms. The van der Waals surface area contributed by atoms with Crippen LogP contribution in [0, 0.1) is 0 Å². The molecule has 0 N–H and O–H groups in total. The Labute approximate surface area is 107 Å². The van der Waals surface area contributed by atoms with Crippen LogP contribution in [0.1, 0.15) is 17.7 Å². The first-order valence-electron chi connectivity index (χ1n) is 6.30. The van der Waals surface area contributed by atoms with Crippen LogP contribution >= 0.6 is 0 Å². The first kappa shape index (κ1) is 11.1. The van der Waals surface area contributed by atoms with Gasteiger partial charge in [0.2, 0.25) is 0 Å². The number of nitrogens with zero attached hydrogens (tertiary/aromatic N) is 2. The minimum absolute atomic E-state index is 0.643. The van der Waals surface area contributed by atoms with E-state index in [9.17, 15) is 0 Å². The first-order valence-corrected chi connectivity index (χ1v) is 6.30. The van der Waals surface area contributed by atoms with Crippen LogP contribution in [-0.2, 0) is 13.0 Å². The number of allylic oxidation sites excluding steroid dienone is 1. The number of fused-ring (bicyclic) bond motifs is 1. The normalized spacial score (nSPS) is 16.2. The van der Waals surface area contributed by atoms with Crippen molar-refractivity contribution in [1.82, 2.24) is 9.78 Å². The Bertz CT molecular complexity index is 543. The van der Waals surface area contributed by atoms with Gasteiger partial charge in [-0.1, -0.05) is 42.5 Å². The van der Waals surface area contributed by atoms with E-state index in [1.807, 2.05) is 16.9 Å². The zero-order valence-electron chi connectivity index (χ0n) is 10.2. The third kappa shape index (κ3) is 2.30. The molecule has 0 atom stereocenters. The topological polar surface area (TPSA) is 27.1 Å². The molecule has 1 aliphatic rings. The molecule has 0 radical (unpaired) electrons. The second-order valence-corrected chi connectivity index (χ2v) is 4.42. The Hall–Kier alpha value is -2.03. The second-order valence-electron chi connectivity index (χ2n) is 4.42. The number of hydrogen-bond donors (Lipinski definition) is 0. The van der Waals surface area contributed by atoms with Crippen molar-refractivity contribution in [3.8, 4) is 5.75 Å². The van der Waals surface area contributed by atoms with Gasteiger partial charge in [-0.3, -0.25) is 4.68 Å². The van der Waals surface area contributed by atoms with Crippen molar-refractivity contribution in [2.24, 2.45) is 0 Å². The van der Waals surface area contributed by atoms with Crippen LogP contribution in [0.4, 0.5) is 0 Å². The smallest absolute Gasteiger partial charge is 0.160 e. The third-order valence-corrected chi connectivity index (χ3v) is 3.14. The highest BCUT2D eigenvalue weighted by molar-refractivity contribution is 5.28. The van der Waals surface area contributed by atoms with Gasteiger partial charge in [0.25, 0.3) is 0 Å². The van der Waals surface area contributed by atoms with E-state index in [0.29, 0.717) is 6.61 Å². The Morgan fingerprint density at radius 1 is 1.17 bits per heavy atom. The molecule has 0 amide bonds. The number of ether oxygens (including phenoxy) is 1. The van der Waals surface area contributed by atoms with Crippen molar-refractivity contribution >= 4 is 0 Å². The summed E-state index contributed by atoms with van der Waals surface area (Å²) in [5.41, 5.74) is 2.46. The quantitative estimate of drug-likeness (QED) is 0.755. The summed E-state index contributed by atoms with van der Waals surface area (Å²) in [4.78, 5) is 0. The highest BCUT2D eigenvalue weighted by Crippen LogP contribution is 2.22. The molecule has 0 spiro atoms. The molecule has 1 aromatic heterocycles. The summed E-state index contributed by atoms with van der Waals surface area (Å²) in [5, 5.41) is 4.44. The average Bonchev–Trinajstić information content (AvgIpc) is 2.72. The van der Waals surface area contributed by atoms with Crippen LogP contribution in [-0.4, -0.2) is 16.4 Å². The molecule has 3 nitrogen and oxygen atoms in total. The van der Waals surface area contributed by atoms with E-state index in [0.717, 1.165) is 25.1 Å². The summed E-state index contributed by atoms with van der Waals surface area (Å²) >= 11 is 0. The second kappa shape index (κ2) is 5.08. The van der Waals surface area contributed by atoms with E-state index in [4.69, 9.17) is 4.74 Å². The lowest BCUT2D eigenvalue weighted by Crippen LogP contribution is -2.08. The molecule has 0 aliphatic carbocycles. The maximum absolute atomic E-state index is 5.68. The van der Waals surface area contributed by atoms with E-state index in [2.05, 4.69) is 41.5 Å². The number of hydrogen-bond acceptors (Lipinski definition) is 2. The maximum atomic E-state index is 5.68. The van der Waals surface area contributed by atoms with Gasteiger partial charge in [0, 0.05) is 0 Å². The van der Waals surface area contributed by atoms with Crippen molar-refractivity contribution in [3.05, 3.63) is 59.9 Å². The minimum atomic E-state index is 0.643. The molecule has 0 fully saturated rings. The highest BCUT2D eigenvalue weighted by Gasteiger charge is 2.12. The summed E-state index contributed by atoms with van der Waals surface area (Å²) < 4.78 is 7.72. The lowest BCUT2D eigenvalue weighted by molar-refractivity contribution is 0.354. The number of rotatable bonds is 2. The maximum Gasteiger partial charge on any atom is 0.160 e. The third-order valence-electron chi connectivity index (χ3n) is 3.14. The summed E-state index contributed by atoms with van der Waals surface area (Å²) in [6.07, 6.45) is 8.10. The van der Waals surface area contributed by atoms with Gasteiger partial charge >= 0.3 is 0 Å². The zero-order valence-corrected chi connectivity index (χ0v) is 10.2. The highest BCUT2D eigenvalue weighted by atomic mass is 16.5. The molecule has 1 aliphatic heterocycles. The Morgan fingerprint density at radius 2 is 2.06 bits per heavy atom. The van der Waals surface area contributed by atoms with Gasteiger partial charge in [0.1, 0.15) is 6.61 Å². The van der Waals surface area contributed by atoms with Crippen LogP contribution in [0.5, 0.6) is 5.75 Å². The van der Waals surface area contributed by atoms with Gasteiger partial charge in [-0.15, -0.1) is 0 Å².